The number of rotatable bonds is 20. The highest BCUT2D eigenvalue weighted by Crippen LogP contribution is 2.20. The van der Waals surface area contributed by atoms with Crippen molar-refractivity contribution in [3.05, 3.63) is 0 Å². The van der Waals surface area contributed by atoms with Crippen molar-refractivity contribution in [1.29, 1.82) is 0 Å². The highest BCUT2D eigenvalue weighted by atomic mass is 28.4. The fourth-order valence-electron chi connectivity index (χ4n) is 2.60. The van der Waals surface area contributed by atoms with Gasteiger partial charge in [0.05, 0.1) is 0 Å². The molecule has 0 saturated heterocycles. The predicted molar refractivity (Wildman–Crippen MR) is 116 cm³/mol. The molecule has 0 atom stereocenters. The second-order valence-corrected chi connectivity index (χ2v) is 12.3. The monoisotopic (exact) mass is 422 g/mol. The maximum atomic E-state index is 6.35. The van der Waals surface area contributed by atoms with Crippen LogP contribution < -0.4 is 0 Å². The lowest BCUT2D eigenvalue weighted by Gasteiger charge is -2.36. The molecule has 0 aromatic carbocycles. The van der Waals surface area contributed by atoms with Crippen LogP contribution in [0.5, 0.6) is 0 Å². The molecule has 27 heavy (non-hydrogen) atoms. The van der Waals surface area contributed by atoms with Crippen LogP contribution in [0.25, 0.3) is 0 Å². The molecule has 0 rings (SSSR count). The van der Waals surface area contributed by atoms with Crippen LogP contribution in [0.15, 0.2) is 0 Å². The van der Waals surface area contributed by atoms with Crippen LogP contribution in [-0.2, 0) is 26.6 Å². The molecule has 0 amide bonds. The molecule has 0 heterocycles. The summed E-state index contributed by atoms with van der Waals surface area (Å²) in [4.78, 5) is 0. The van der Waals surface area contributed by atoms with Gasteiger partial charge in [0.2, 0.25) is 0 Å². The predicted octanol–water partition coefficient (Wildman–Crippen LogP) is 3.85. The van der Waals surface area contributed by atoms with E-state index in [-0.39, 0.29) is 0 Å². The Morgan fingerprint density at radius 1 is 0.481 bits per heavy atom. The van der Waals surface area contributed by atoms with E-state index in [1.807, 2.05) is 20.8 Å². The lowest BCUT2D eigenvalue weighted by Crippen LogP contribution is -2.67. The number of hydrogen-bond donors (Lipinski definition) is 0. The molecule has 0 unspecified atom stereocenters. The quantitative estimate of drug-likeness (QED) is 0.219. The first-order valence-electron chi connectivity index (χ1n) is 10.9. The summed E-state index contributed by atoms with van der Waals surface area (Å²) in [6.07, 6.45) is 6.15. The van der Waals surface area contributed by atoms with Crippen LogP contribution in [0.2, 0.25) is 0 Å². The smallest absolute Gasteiger partial charge is 0.380 e. The molecule has 0 spiro atoms. The topological polar surface area (TPSA) is 55.4 Å². The second-order valence-electron chi connectivity index (χ2n) is 6.45. The minimum atomic E-state index is -2.97. The minimum absolute atomic E-state index is 0.479. The Balaban J connectivity index is 5.55. The van der Waals surface area contributed by atoms with E-state index in [0.29, 0.717) is 46.1 Å². The molecule has 0 saturated carbocycles. The molecule has 0 aliphatic carbocycles. The average Bonchev–Trinajstić information content (AvgIpc) is 2.63. The average molecular weight is 423 g/mol. The molecule has 6 nitrogen and oxygen atoms in total. The van der Waals surface area contributed by atoms with Gasteiger partial charge in [-0.2, -0.15) is 0 Å². The Bertz CT molecular complexity index is 295. The Labute approximate surface area is 170 Å². The largest absolute Gasteiger partial charge is 0.449 e. The first kappa shape index (κ1) is 27.3. The van der Waals surface area contributed by atoms with E-state index in [4.69, 9.17) is 26.6 Å². The third-order valence-electron chi connectivity index (χ3n) is 3.99. The summed E-state index contributed by atoms with van der Waals surface area (Å²) in [6.45, 7) is 16.4. The Kier molecular flexibility index (Phi) is 17.3. The van der Waals surface area contributed by atoms with E-state index in [0.717, 1.165) is 38.5 Å². The highest BCUT2D eigenvalue weighted by Gasteiger charge is 2.57. The van der Waals surface area contributed by atoms with Crippen LogP contribution >= 0.6 is 0 Å². The van der Waals surface area contributed by atoms with Gasteiger partial charge in [0.15, 0.2) is 0 Å². The van der Waals surface area contributed by atoms with Crippen LogP contribution in [0.1, 0.15) is 80.1 Å². The maximum Gasteiger partial charge on any atom is 0.449 e. The van der Waals surface area contributed by atoms with Gasteiger partial charge in [-0.25, -0.2) is 0 Å². The van der Waals surface area contributed by atoms with E-state index in [2.05, 4.69) is 20.8 Å². The molecule has 9 heteroatoms. The minimum Gasteiger partial charge on any atom is -0.380 e. The summed E-state index contributed by atoms with van der Waals surface area (Å²) in [5.74, 6) is 0. The van der Waals surface area contributed by atoms with Crippen molar-refractivity contribution in [2.24, 2.45) is 0 Å². The maximum absolute atomic E-state index is 6.35. The molecule has 0 aromatic rings. The van der Waals surface area contributed by atoms with Gasteiger partial charge < -0.3 is 26.6 Å². The zero-order valence-corrected chi connectivity index (χ0v) is 20.6. The molecular weight excluding hydrogens is 379 g/mol. The standard InChI is InChI=1S/C18H43BO6Si2/c1-7-13-16-23-27(24-17-14-8-2,25-18-15-9-3)19-26(20-10-4,21-11-5)22-12-6/h19H,7-18H2,1-6H3. The van der Waals surface area contributed by atoms with E-state index < -0.39 is 17.3 Å². The van der Waals surface area contributed by atoms with Gasteiger partial charge in [-0.15, -0.1) is 0 Å². The van der Waals surface area contributed by atoms with Crippen molar-refractivity contribution in [1.82, 2.24) is 0 Å². The van der Waals surface area contributed by atoms with E-state index in [1.54, 1.807) is 0 Å². The Morgan fingerprint density at radius 3 is 1.04 bits per heavy atom. The number of unbranched alkanes of at least 4 members (excludes halogenated alkanes) is 3. The third kappa shape index (κ3) is 11.8. The molecule has 0 aromatic heterocycles. The fourth-order valence-corrected chi connectivity index (χ4v) is 10.4. The summed E-state index contributed by atoms with van der Waals surface area (Å²) in [6, 6.07) is 0. The summed E-state index contributed by atoms with van der Waals surface area (Å²) in [5.41, 5.74) is 0. The first-order chi connectivity index (χ1) is 13.1. The normalized spacial score (nSPS) is 12.5. The van der Waals surface area contributed by atoms with E-state index >= 15 is 0 Å². The Hall–Kier alpha value is 0.259. The lowest BCUT2D eigenvalue weighted by atomic mass is 10.4. The molecular formula is C18H43BO6Si2. The first-order valence-corrected chi connectivity index (χ1v) is 14.8. The van der Waals surface area contributed by atoms with Crippen LogP contribution in [0.3, 0.4) is 0 Å². The van der Waals surface area contributed by atoms with Crippen molar-refractivity contribution in [3.63, 3.8) is 0 Å². The zero-order valence-electron chi connectivity index (χ0n) is 18.6. The summed E-state index contributed by atoms with van der Waals surface area (Å²) in [5, 5.41) is 0. The molecule has 0 aliphatic rings. The van der Waals surface area contributed by atoms with Crippen molar-refractivity contribution < 1.29 is 26.6 Å². The van der Waals surface area contributed by atoms with E-state index in [9.17, 15) is 0 Å². The third-order valence-corrected chi connectivity index (χ3v) is 11.6. The van der Waals surface area contributed by atoms with Crippen molar-refractivity contribution in [3.8, 4) is 0 Å². The van der Waals surface area contributed by atoms with Gasteiger partial charge in [0, 0.05) is 39.6 Å². The van der Waals surface area contributed by atoms with Gasteiger partial charge >= 0.3 is 23.8 Å². The summed E-state index contributed by atoms with van der Waals surface area (Å²) >= 11 is 0. The molecule has 0 N–H and O–H groups in total. The molecule has 0 aliphatic heterocycles. The Morgan fingerprint density at radius 2 is 0.778 bits per heavy atom. The van der Waals surface area contributed by atoms with Crippen LogP contribution in [0.4, 0.5) is 0 Å². The molecule has 0 bridgehead atoms. The van der Waals surface area contributed by atoms with Gasteiger partial charge in [-0.1, -0.05) is 40.0 Å². The fraction of sp³-hybridized carbons (Fsp3) is 1.00. The molecule has 0 radical (unpaired) electrons. The van der Waals surface area contributed by atoms with Gasteiger partial charge in [-0.3, -0.25) is 0 Å². The van der Waals surface area contributed by atoms with Crippen molar-refractivity contribution >= 4 is 23.8 Å². The van der Waals surface area contributed by atoms with Crippen LogP contribution in [0, 0.1) is 0 Å². The van der Waals surface area contributed by atoms with Crippen LogP contribution in [-0.4, -0.2) is 63.5 Å². The SMILES string of the molecule is CCCCO[Si](B[Si](OCC)(OCC)OCC)(OCCCC)OCCCC. The lowest BCUT2D eigenvalue weighted by molar-refractivity contribution is 0.0710. The summed E-state index contributed by atoms with van der Waals surface area (Å²) in [7, 11) is -5.89. The van der Waals surface area contributed by atoms with Gasteiger partial charge in [0.25, 0.3) is 0 Å². The molecule has 162 valence electrons. The van der Waals surface area contributed by atoms with Gasteiger partial charge in [0.1, 0.15) is 0 Å². The zero-order chi connectivity index (χ0) is 20.4. The number of hydrogen-bond acceptors (Lipinski definition) is 6. The van der Waals surface area contributed by atoms with Crippen molar-refractivity contribution in [2.45, 2.75) is 80.1 Å². The summed E-state index contributed by atoms with van der Waals surface area (Å²) < 4.78 is 37.3. The van der Waals surface area contributed by atoms with Crippen molar-refractivity contribution in [2.75, 3.05) is 39.6 Å². The molecule has 0 fully saturated rings. The van der Waals surface area contributed by atoms with E-state index in [1.165, 1.54) is 0 Å². The second kappa shape index (κ2) is 17.1. The van der Waals surface area contributed by atoms with Gasteiger partial charge in [-0.05, 0) is 40.0 Å². The highest BCUT2D eigenvalue weighted by molar-refractivity contribution is 7.44.